The number of carbonyl (C=O) groups is 1. The average molecular weight is 364 g/mol. The third-order valence-electron chi connectivity index (χ3n) is 4.86. The van der Waals surface area contributed by atoms with Gasteiger partial charge in [-0.15, -0.1) is 0 Å². The van der Waals surface area contributed by atoms with Gasteiger partial charge in [0.15, 0.2) is 6.04 Å². The average Bonchev–Trinajstić information content (AvgIpc) is 2.79. The zero-order valence-corrected chi connectivity index (χ0v) is 15.2. The summed E-state index contributed by atoms with van der Waals surface area (Å²) in [6.07, 6.45) is -2.64. The van der Waals surface area contributed by atoms with Crippen molar-refractivity contribution in [1.29, 1.82) is 0 Å². The molecule has 6 heteroatoms. The van der Waals surface area contributed by atoms with Crippen LogP contribution in [-0.4, -0.2) is 23.6 Å². The van der Waals surface area contributed by atoms with Crippen molar-refractivity contribution in [2.45, 2.75) is 45.8 Å². The van der Waals surface area contributed by atoms with Crippen molar-refractivity contribution < 1.29 is 18.0 Å². The molecule has 1 fully saturated rings. The molecule has 0 aliphatic carbocycles. The molecule has 0 aromatic heterocycles. The van der Waals surface area contributed by atoms with Gasteiger partial charge in [0.25, 0.3) is 0 Å². The van der Waals surface area contributed by atoms with Crippen LogP contribution in [-0.2, 0) is 11.2 Å². The van der Waals surface area contributed by atoms with Gasteiger partial charge < -0.3 is 0 Å². The first-order valence-corrected chi connectivity index (χ1v) is 8.79. The van der Waals surface area contributed by atoms with E-state index in [1.807, 2.05) is 18.2 Å². The van der Waals surface area contributed by atoms with Gasteiger partial charge in [-0.2, -0.15) is 13.2 Å². The summed E-state index contributed by atoms with van der Waals surface area (Å²) < 4.78 is 41.9. The van der Waals surface area contributed by atoms with E-state index in [0.717, 1.165) is 28.8 Å². The van der Waals surface area contributed by atoms with Gasteiger partial charge in [0.05, 0.1) is 5.41 Å². The van der Waals surface area contributed by atoms with Crippen molar-refractivity contribution in [1.82, 2.24) is 10.4 Å². The Morgan fingerprint density at radius 1 is 1.23 bits per heavy atom. The fourth-order valence-electron chi connectivity index (χ4n) is 3.54. The normalized spacial score (nSPS) is 18.9. The molecule has 3 rings (SSSR count). The number of hydrazine groups is 1. The quantitative estimate of drug-likeness (QED) is 0.848. The van der Waals surface area contributed by atoms with Gasteiger partial charge in [0.1, 0.15) is 0 Å². The third kappa shape index (κ3) is 3.43. The predicted molar refractivity (Wildman–Crippen MR) is 95.4 cm³/mol. The molecule has 1 amide bonds. The molecular weight excluding hydrogens is 341 g/mol. The monoisotopic (exact) mass is 364 g/mol. The fraction of sp³-hybridized carbons (Fsp3) is 0.450. The number of benzene rings is 2. The maximum absolute atomic E-state index is 14.0. The molecule has 1 saturated heterocycles. The van der Waals surface area contributed by atoms with Gasteiger partial charge >= 0.3 is 6.18 Å². The van der Waals surface area contributed by atoms with Crippen molar-refractivity contribution in [3.63, 3.8) is 0 Å². The number of amides is 1. The molecule has 0 spiro atoms. The van der Waals surface area contributed by atoms with E-state index in [9.17, 15) is 18.0 Å². The number of hydrogen-bond acceptors (Lipinski definition) is 2. The van der Waals surface area contributed by atoms with Crippen LogP contribution < -0.4 is 5.43 Å². The van der Waals surface area contributed by atoms with Gasteiger partial charge in [-0.05, 0) is 42.2 Å². The van der Waals surface area contributed by atoms with Crippen molar-refractivity contribution in [2.24, 2.45) is 5.41 Å². The summed E-state index contributed by atoms with van der Waals surface area (Å²) in [5, 5.41) is 2.37. The Morgan fingerprint density at radius 2 is 1.96 bits per heavy atom. The molecule has 3 nitrogen and oxygen atoms in total. The summed E-state index contributed by atoms with van der Waals surface area (Å²) in [5.74, 6) is -0.391. The number of alkyl halides is 3. The molecule has 0 radical (unpaired) electrons. The van der Waals surface area contributed by atoms with Gasteiger partial charge in [0, 0.05) is 6.54 Å². The van der Waals surface area contributed by atoms with Crippen LogP contribution in [0.4, 0.5) is 13.2 Å². The SMILES string of the molecule is CCCc1ccc2c([C@H](N3CC(C)(C)C(=O)N3)C(F)(F)F)cccc2c1. The van der Waals surface area contributed by atoms with Crippen LogP contribution in [0.25, 0.3) is 10.8 Å². The minimum atomic E-state index is -4.51. The van der Waals surface area contributed by atoms with Crippen molar-refractivity contribution in [3.05, 3.63) is 47.5 Å². The van der Waals surface area contributed by atoms with Crippen LogP contribution in [0.1, 0.15) is 44.4 Å². The van der Waals surface area contributed by atoms with E-state index in [2.05, 4.69) is 12.3 Å². The maximum atomic E-state index is 14.0. The molecule has 0 saturated carbocycles. The highest BCUT2D eigenvalue weighted by Crippen LogP contribution is 2.42. The summed E-state index contributed by atoms with van der Waals surface area (Å²) in [6.45, 7) is 5.37. The minimum Gasteiger partial charge on any atom is -0.287 e. The highest BCUT2D eigenvalue weighted by molar-refractivity contribution is 5.87. The summed E-state index contributed by atoms with van der Waals surface area (Å²) in [6, 6.07) is 8.69. The Labute approximate surface area is 151 Å². The first kappa shape index (κ1) is 18.7. The largest absolute Gasteiger partial charge is 0.409 e. The van der Waals surface area contributed by atoms with Crippen molar-refractivity contribution in [3.8, 4) is 0 Å². The summed E-state index contributed by atoms with van der Waals surface area (Å²) in [7, 11) is 0. The minimum absolute atomic E-state index is 0.000313. The molecule has 0 bridgehead atoms. The topological polar surface area (TPSA) is 32.3 Å². The van der Waals surface area contributed by atoms with Gasteiger partial charge in [0.2, 0.25) is 5.91 Å². The number of fused-ring (bicyclic) bond motifs is 1. The Bertz CT molecular complexity index is 829. The highest BCUT2D eigenvalue weighted by Gasteiger charge is 2.51. The van der Waals surface area contributed by atoms with Crippen molar-refractivity contribution >= 4 is 16.7 Å². The predicted octanol–water partition coefficient (Wildman–Crippen LogP) is 4.77. The second kappa shape index (κ2) is 6.58. The zero-order valence-electron chi connectivity index (χ0n) is 15.2. The zero-order chi connectivity index (χ0) is 19.1. The lowest BCUT2D eigenvalue weighted by Crippen LogP contribution is -2.43. The Balaban J connectivity index is 2.09. The molecule has 1 heterocycles. The van der Waals surface area contributed by atoms with Gasteiger partial charge in [-0.25, -0.2) is 5.01 Å². The molecular formula is C20H23F3N2O. The third-order valence-corrected chi connectivity index (χ3v) is 4.86. The lowest BCUT2D eigenvalue weighted by atomic mass is 9.92. The van der Waals surface area contributed by atoms with E-state index in [1.165, 1.54) is 6.07 Å². The van der Waals surface area contributed by atoms with Crippen LogP contribution in [0.15, 0.2) is 36.4 Å². The van der Waals surface area contributed by atoms with Crippen LogP contribution in [0.2, 0.25) is 0 Å². The van der Waals surface area contributed by atoms with Crippen LogP contribution in [0.3, 0.4) is 0 Å². The molecule has 2 aromatic carbocycles. The number of halogens is 3. The van der Waals surface area contributed by atoms with E-state index in [-0.39, 0.29) is 12.1 Å². The smallest absolute Gasteiger partial charge is 0.287 e. The molecule has 2 aromatic rings. The maximum Gasteiger partial charge on any atom is 0.409 e. The second-order valence-electron chi connectivity index (χ2n) is 7.55. The van der Waals surface area contributed by atoms with Crippen LogP contribution in [0.5, 0.6) is 0 Å². The number of carbonyl (C=O) groups excluding carboxylic acids is 1. The summed E-state index contributed by atoms with van der Waals surface area (Å²) in [4.78, 5) is 12.0. The molecule has 1 N–H and O–H groups in total. The van der Waals surface area contributed by atoms with Crippen molar-refractivity contribution in [2.75, 3.05) is 6.54 Å². The van der Waals surface area contributed by atoms with E-state index < -0.39 is 23.5 Å². The molecule has 1 atom stereocenters. The molecule has 1 aliphatic heterocycles. The standard InChI is InChI=1S/C20H23F3N2O/c1-4-6-13-9-10-15-14(11-13)7-5-8-16(15)17(20(21,22)23)25-12-19(2,3)18(26)24-25/h5,7-11,17H,4,6,12H2,1-3H3,(H,24,26)/t17-/m0/s1. The van der Waals surface area contributed by atoms with E-state index >= 15 is 0 Å². The van der Waals surface area contributed by atoms with Crippen LogP contribution in [0, 0.1) is 5.41 Å². The van der Waals surface area contributed by atoms with Gasteiger partial charge in [-0.3, -0.25) is 10.2 Å². The van der Waals surface area contributed by atoms with Crippen LogP contribution >= 0.6 is 0 Å². The number of hydrogen-bond donors (Lipinski definition) is 1. The Kier molecular flexibility index (Phi) is 4.73. The number of aryl methyl sites for hydroxylation is 1. The Morgan fingerprint density at radius 3 is 2.54 bits per heavy atom. The fourth-order valence-corrected chi connectivity index (χ4v) is 3.54. The number of nitrogens with one attached hydrogen (secondary N) is 1. The first-order chi connectivity index (χ1) is 12.1. The van der Waals surface area contributed by atoms with Gasteiger partial charge in [-0.1, -0.05) is 49.7 Å². The van der Waals surface area contributed by atoms with E-state index in [0.29, 0.717) is 5.39 Å². The summed E-state index contributed by atoms with van der Waals surface area (Å²) in [5.41, 5.74) is 2.83. The van der Waals surface area contributed by atoms with E-state index in [4.69, 9.17) is 0 Å². The molecule has 1 aliphatic rings. The number of rotatable bonds is 4. The molecule has 0 unspecified atom stereocenters. The number of nitrogens with zero attached hydrogens (tertiary/aromatic N) is 1. The highest BCUT2D eigenvalue weighted by atomic mass is 19.4. The van der Waals surface area contributed by atoms with E-state index in [1.54, 1.807) is 26.0 Å². The lowest BCUT2D eigenvalue weighted by molar-refractivity contribution is -0.191. The second-order valence-corrected chi connectivity index (χ2v) is 7.55. The first-order valence-electron chi connectivity index (χ1n) is 8.79. The lowest BCUT2D eigenvalue weighted by Gasteiger charge is -2.30. The Hall–Kier alpha value is -2.08. The summed E-state index contributed by atoms with van der Waals surface area (Å²) >= 11 is 0. The molecule has 26 heavy (non-hydrogen) atoms. The molecule has 140 valence electrons.